The zero-order valence-corrected chi connectivity index (χ0v) is 16.4. The molecule has 8 nitrogen and oxygen atoms in total. The molecule has 29 heavy (non-hydrogen) atoms. The first kappa shape index (κ1) is 22.1. The summed E-state index contributed by atoms with van der Waals surface area (Å²) in [4.78, 5) is 35.1. The van der Waals surface area contributed by atoms with Crippen molar-refractivity contribution in [3.63, 3.8) is 0 Å². The molecule has 0 radical (unpaired) electrons. The molecule has 2 amide bonds. The number of benzene rings is 2. The van der Waals surface area contributed by atoms with Crippen LogP contribution in [0.15, 0.2) is 48.5 Å². The van der Waals surface area contributed by atoms with E-state index in [-0.39, 0.29) is 18.4 Å². The van der Waals surface area contributed by atoms with E-state index >= 15 is 0 Å². The van der Waals surface area contributed by atoms with Crippen molar-refractivity contribution in [1.82, 2.24) is 5.32 Å². The first-order chi connectivity index (χ1) is 14.0. The van der Waals surface area contributed by atoms with Gasteiger partial charge in [-0.05, 0) is 35.9 Å². The molecule has 0 fully saturated rings. The van der Waals surface area contributed by atoms with Gasteiger partial charge < -0.3 is 24.8 Å². The molecule has 0 saturated heterocycles. The van der Waals surface area contributed by atoms with E-state index in [1.807, 2.05) is 0 Å². The van der Waals surface area contributed by atoms with Crippen LogP contribution in [0.4, 0.5) is 5.69 Å². The molecule has 8 heteroatoms. The van der Waals surface area contributed by atoms with E-state index in [2.05, 4.69) is 10.6 Å². The Morgan fingerprint density at radius 2 is 1.76 bits per heavy atom. The van der Waals surface area contributed by atoms with Gasteiger partial charge in [-0.25, -0.2) is 0 Å². The third kappa shape index (κ3) is 8.12. The monoisotopic (exact) mass is 400 g/mol. The lowest BCUT2D eigenvalue weighted by atomic mass is 10.1. The number of nitrogens with one attached hydrogen (secondary N) is 2. The quantitative estimate of drug-likeness (QED) is 0.360. The van der Waals surface area contributed by atoms with Crippen LogP contribution in [0.3, 0.4) is 0 Å². The van der Waals surface area contributed by atoms with E-state index in [0.29, 0.717) is 36.8 Å². The van der Waals surface area contributed by atoms with Gasteiger partial charge in [0.05, 0.1) is 13.2 Å². The summed E-state index contributed by atoms with van der Waals surface area (Å²) in [5.41, 5.74) is 1.89. The fraction of sp³-hybridized carbons (Fsp3) is 0.286. The molecule has 2 N–H and O–H groups in total. The minimum Gasteiger partial charge on any atom is -0.427 e. The molecule has 0 bridgehead atoms. The lowest BCUT2D eigenvalue weighted by Crippen LogP contribution is -2.23. The highest BCUT2D eigenvalue weighted by molar-refractivity contribution is 5.94. The van der Waals surface area contributed by atoms with Crippen LogP contribution in [-0.2, 0) is 25.6 Å². The fourth-order valence-corrected chi connectivity index (χ4v) is 2.36. The van der Waals surface area contributed by atoms with Crippen LogP contribution >= 0.6 is 0 Å². The van der Waals surface area contributed by atoms with Gasteiger partial charge >= 0.3 is 5.97 Å². The normalized spacial score (nSPS) is 10.3. The standard InChI is InChI=1S/C21H24N2O6/c1-15(24)29-19-5-3-4-17(12-19)21(26)22-13-16-6-8-18(9-7-16)23-20(25)14-28-11-10-27-2/h3-9,12H,10-11,13-14H2,1-2H3,(H,22,26)(H,23,25). The SMILES string of the molecule is COCCOCC(=O)Nc1ccc(CNC(=O)c2cccc(OC(C)=O)c2)cc1. The minimum absolute atomic E-state index is 0.0480. The summed E-state index contributed by atoms with van der Waals surface area (Å²) in [6.07, 6.45) is 0. The topological polar surface area (TPSA) is 103 Å². The molecule has 0 unspecified atom stereocenters. The molecular formula is C21H24N2O6. The second-order valence-electron chi connectivity index (χ2n) is 6.09. The summed E-state index contributed by atoms with van der Waals surface area (Å²) < 4.78 is 15.0. The molecule has 2 aromatic rings. The Labute approximate surface area is 169 Å². The molecule has 0 atom stereocenters. The van der Waals surface area contributed by atoms with Crippen molar-refractivity contribution in [1.29, 1.82) is 0 Å². The van der Waals surface area contributed by atoms with Crippen LogP contribution < -0.4 is 15.4 Å². The largest absolute Gasteiger partial charge is 0.427 e. The predicted molar refractivity (Wildman–Crippen MR) is 107 cm³/mol. The van der Waals surface area contributed by atoms with Gasteiger partial charge in [-0.15, -0.1) is 0 Å². The molecule has 0 saturated carbocycles. The van der Waals surface area contributed by atoms with Gasteiger partial charge in [-0.1, -0.05) is 18.2 Å². The molecule has 2 aromatic carbocycles. The molecule has 0 spiro atoms. The maximum absolute atomic E-state index is 12.3. The van der Waals surface area contributed by atoms with Gasteiger partial charge in [0.25, 0.3) is 5.91 Å². The van der Waals surface area contributed by atoms with Gasteiger partial charge in [0.2, 0.25) is 5.91 Å². The molecule has 0 aliphatic rings. The molecule has 0 aliphatic carbocycles. The molecule has 0 heterocycles. The number of carbonyl (C=O) groups is 3. The van der Waals surface area contributed by atoms with Crippen LogP contribution in [-0.4, -0.2) is 44.7 Å². The Bertz CT molecular complexity index is 835. The highest BCUT2D eigenvalue weighted by Crippen LogP contribution is 2.14. The maximum atomic E-state index is 12.3. The van der Waals surface area contributed by atoms with Gasteiger partial charge in [0, 0.05) is 31.8 Å². The number of amides is 2. The Morgan fingerprint density at radius 3 is 2.45 bits per heavy atom. The van der Waals surface area contributed by atoms with Crippen LogP contribution in [0.25, 0.3) is 0 Å². The summed E-state index contributed by atoms with van der Waals surface area (Å²) in [6.45, 7) is 2.35. The molecule has 0 aromatic heterocycles. The van der Waals surface area contributed by atoms with Crippen molar-refractivity contribution < 1.29 is 28.6 Å². The minimum atomic E-state index is -0.448. The van der Waals surface area contributed by atoms with Crippen LogP contribution in [0.2, 0.25) is 0 Å². The van der Waals surface area contributed by atoms with Crippen molar-refractivity contribution in [2.75, 3.05) is 32.2 Å². The Hall–Kier alpha value is -3.23. The van der Waals surface area contributed by atoms with Gasteiger partial charge in [-0.2, -0.15) is 0 Å². The highest BCUT2D eigenvalue weighted by Gasteiger charge is 2.08. The van der Waals surface area contributed by atoms with Crippen LogP contribution in [0.5, 0.6) is 5.75 Å². The summed E-state index contributed by atoms with van der Waals surface area (Å²) in [6, 6.07) is 13.5. The van der Waals surface area contributed by atoms with Crippen molar-refractivity contribution in [2.45, 2.75) is 13.5 Å². The highest BCUT2D eigenvalue weighted by atomic mass is 16.5. The second kappa shape index (κ2) is 11.6. The maximum Gasteiger partial charge on any atom is 0.308 e. The predicted octanol–water partition coefficient (Wildman–Crippen LogP) is 2.14. The molecule has 0 aliphatic heterocycles. The molecular weight excluding hydrogens is 376 g/mol. The number of esters is 1. The average Bonchev–Trinajstić information content (AvgIpc) is 2.70. The van der Waals surface area contributed by atoms with Gasteiger partial charge in [0.15, 0.2) is 0 Å². The lowest BCUT2D eigenvalue weighted by Gasteiger charge is -2.09. The van der Waals surface area contributed by atoms with Crippen LogP contribution in [0.1, 0.15) is 22.8 Å². The third-order valence-corrected chi connectivity index (χ3v) is 3.71. The smallest absolute Gasteiger partial charge is 0.308 e. The number of rotatable bonds is 10. The number of ether oxygens (including phenoxy) is 3. The number of hydrogen-bond donors (Lipinski definition) is 2. The first-order valence-electron chi connectivity index (χ1n) is 9.00. The summed E-state index contributed by atoms with van der Waals surface area (Å²) in [5.74, 6) is -0.674. The summed E-state index contributed by atoms with van der Waals surface area (Å²) >= 11 is 0. The Morgan fingerprint density at radius 1 is 1.00 bits per heavy atom. The van der Waals surface area contributed by atoms with E-state index in [4.69, 9.17) is 14.2 Å². The van der Waals surface area contributed by atoms with Crippen molar-refractivity contribution in [3.05, 3.63) is 59.7 Å². The molecule has 2 rings (SSSR count). The zero-order valence-electron chi connectivity index (χ0n) is 16.4. The number of methoxy groups -OCH3 is 1. The first-order valence-corrected chi connectivity index (χ1v) is 9.00. The van der Waals surface area contributed by atoms with Crippen molar-refractivity contribution in [2.24, 2.45) is 0 Å². The number of hydrogen-bond acceptors (Lipinski definition) is 6. The number of anilines is 1. The van der Waals surface area contributed by atoms with E-state index in [9.17, 15) is 14.4 Å². The van der Waals surface area contributed by atoms with E-state index in [1.165, 1.54) is 13.0 Å². The van der Waals surface area contributed by atoms with Gasteiger partial charge in [0.1, 0.15) is 12.4 Å². The fourth-order valence-electron chi connectivity index (χ4n) is 2.36. The third-order valence-electron chi connectivity index (χ3n) is 3.71. The zero-order chi connectivity index (χ0) is 21.1. The summed E-state index contributed by atoms with van der Waals surface area (Å²) in [5, 5.41) is 5.52. The van der Waals surface area contributed by atoms with Crippen molar-refractivity contribution in [3.8, 4) is 5.75 Å². The number of carbonyl (C=O) groups excluding carboxylic acids is 3. The van der Waals surface area contributed by atoms with Crippen LogP contribution in [0, 0.1) is 0 Å². The Balaban J connectivity index is 1.81. The van der Waals surface area contributed by atoms with E-state index < -0.39 is 5.97 Å². The lowest BCUT2D eigenvalue weighted by molar-refractivity contribution is -0.131. The second-order valence-corrected chi connectivity index (χ2v) is 6.09. The van der Waals surface area contributed by atoms with Crippen molar-refractivity contribution >= 4 is 23.5 Å². The molecule has 154 valence electrons. The van der Waals surface area contributed by atoms with E-state index in [1.54, 1.807) is 49.6 Å². The van der Waals surface area contributed by atoms with E-state index in [0.717, 1.165) is 5.56 Å². The average molecular weight is 400 g/mol. The van der Waals surface area contributed by atoms with Gasteiger partial charge in [-0.3, -0.25) is 14.4 Å². The summed E-state index contributed by atoms with van der Waals surface area (Å²) in [7, 11) is 1.56. The Kier molecular flexibility index (Phi) is 8.81.